The van der Waals surface area contributed by atoms with Crippen molar-refractivity contribution >= 4 is 46.0 Å². The van der Waals surface area contributed by atoms with Crippen molar-refractivity contribution in [2.45, 2.75) is 13.8 Å². The highest BCUT2D eigenvalue weighted by Crippen LogP contribution is 2.38. The van der Waals surface area contributed by atoms with Crippen LogP contribution in [0.5, 0.6) is 5.75 Å². The lowest BCUT2D eigenvalue weighted by molar-refractivity contribution is -0.113. The molecule has 1 amide bonds. The third-order valence-electron chi connectivity index (χ3n) is 3.62. The van der Waals surface area contributed by atoms with E-state index in [1.54, 1.807) is 29.2 Å². The smallest absolute Gasteiger partial charge is 0.270 e. The Morgan fingerprint density at radius 1 is 1.17 bits per heavy atom. The van der Waals surface area contributed by atoms with Crippen LogP contribution in [0, 0.1) is 13.8 Å². The van der Waals surface area contributed by atoms with E-state index < -0.39 is 0 Å². The van der Waals surface area contributed by atoms with Gasteiger partial charge in [0.1, 0.15) is 5.75 Å². The number of amides is 1. The van der Waals surface area contributed by atoms with Crippen LogP contribution >= 0.6 is 24.0 Å². The number of thiocarbonyl (C=S) groups is 1. The molecule has 23 heavy (non-hydrogen) atoms. The Labute approximate surface area is 144 Å². The number of thioether (sulfide) groups is 1. The molecule has 1 saturated heterocycles. The second-order valence-electron chi connectivity index (χ2n) is 5.37. The number of carbonyl (C=O) groups is 1. The van der Waals surface area contributed by atoms with Gasteiger partial charge in [-0.3, -0.25) is 9.69 Å². The van der Waals surface area contributed by atoms with Crippen LogP contribution in [-0.4, -0.2) is 15.3 Å². The summed E-state index contributed by atoms with van der Waals surface area (Å²) in [5.41, 5.74) is 3.49. The fraction of sp³-hybridized carbons (Fsp3) is 0.111. The number of para-hydroxylation sites is 1. The summed E-state index contributed by atoms with van der Waals surface area (Å²) in [6.45, 7) is 3.94. The van der Waals surface area contributed by atoms with Gasteiger partial charge in [0.05, 0.1) is 10.6 Å². The fourth-order valence-corrected chi connectivity index (χ4v) is 3.66. The lowest BCUT2D eigenvalue weighted by Crippen LogP contribution is -2.28. The molecule has 116 valence electrons. The highest BCUT2D eigenvalue weighted by atomic mass is 32.2. The van der Waals surface area contributed by atoms with E-state index in [2.05, 4.69) is 0 Å². The van der Waals surface area contributed by atoms with Crippen LogP contribution in [0.4, 0.5) is 5.69 Å². The number of aryl methyl sites for hydroxylation is 2. The Kier molecular flexibility index (Phi) is 4.24. The molecule has 1 aliphatic heterocycles. The van der Waals surface area contributed by atoms with Gasteiger partial charge in [-0.1, -0.05) is 54.3 Å². The number of nitrogens with zero attached hydrogens (tertiary/aromatic N) is 1. The monoisotopic (exact) mass is 341 g/mol. The third kappa shape index (κ3) is 3.02. The minimum atomic E-state index is -0.156. The second kappa shape index (κ2) is 6.18. The van der Waals surface area contributed by atoms with E-state index in [1.807, 2.05) is 38.1 Å². The summed E-state index contributed by atoms with van der Waals surface area (Å²) in [5.74, 6) is -0.0125. The van der Waals surface area contributed by atoms with Crippen molar-refractivity contribution in [3.8, 4) is 5.75 Å². The number of phenols is 1. The van der Waals surface area contributed by atoms with Gasteiger partial charge in [0.25, 0.3) is 5.91 Å². The van der Waals surface area contributed by atoms with E-state index in [0.717, 1.165) is 16.8 Å². The Hall–Kier alpha value is -2.11. The molecule has 3 nitrogen and oxygen atoms in total. The number of rotatable bonds is 2. The topological polar surface area (TPSA) is 40.5 Å². The van der Waals surface area contributed by atoms with Crippen LogP contribution in [0.15, 0.2) is 47.4 Å². The Balaban J connectivity index is 2.01. The largest absolute Gasteiger partial charge is 0.507 e. The van der Waals surface area contributed by atoms with Crippen molar-refractivity contribution in [2.75, 3.05) is 4.90 Å². The zero-order valence-corrected chi connectivity index (χ0v) is 14.4. The molecule has 0 unspecified atom stereocenters. The Morgan fingerprint density at radius 2 is 1.91 bits per heavy atom. The molecule has 1 heterocycles. The first-order chi connectivity index (χ1) is 11.0. The van der Waals surface area contributed by atoms with E-state index in [0.29, 0.717) is 14.8 Å². The predicted octanol–water partition coefficient (Wildman–Crippen LogP) is 4.41. The first kappa shape index (κ1) is 15.8. The molecule has 0 bridgehead atoms. The van der Waals surface area contributed by atoms with Gasteiger partial charge < -0.3 is 5.11 Å². The molecule has 0 aliphatic carbocycles. The molecular weight excluding hydrogens is 326 g/mol. The number of phenolic OH excluding ortho intramolecular Hbond substituents is 1. The molecule has 3 rings (SSSR count). The molecule has 2 aromatic rings. The van der Waals surface area contributed by atoms with Crippen molar-refractivity contribution in [2.24, 2.45) is 0 Å². The van der Waals surface area contributed by atoms with Gasteiger partial charge in [-0.05, 0) is 43.2 Å². The zero-order chi connectivity index (χ0) is 16.6. The van der Waals surface area contributed by atoms with Crippen molar-refractivity contribution < 1.29 is 9.90 Å². The lowest BCUT2D eigenvalue weighted by atomic mass is 10.1. The van der Waals surface area contributed by atoms with Gasteiger partial charge >= 0.3 is 0 Å². The number of hydrogen-bond acceptors (Lipinski definition) is 4. The summed E-state index contributed by atoms with van der Waals surface area (Å²) in [5, 5.41) is 9.87. The Morgan fingerprint density at radius 3 is 2.65 bits per heavy atom. The van der Waals surface area contributed by atoms with Crippen LogP contribution in [0.25, 0.3) is 6.08 Å². The van der Waals surface area contributed by atoms with Gasteiger partial charge in [-0.15, -0.1) is 0 Å². The van der Waals surface area contributed by atoms with Crippen molar-refractivity contribution in [1.29, 1.82) is 0 Å². The molecule has 1 aliphatic rings. The van der Waals surface area contributed by atoms with Gasteiger partial charge in [-0.2, -0.15) is 0 Å². The fourth-order valence-electron chi connectivity index (χ4n) is 2.39. The summed E-state index contributed by atoms with van der Waals surface area (Å²) in [7, 11) is 0. The molecule has 0 saturated carbocycles. The SMILES string of the molecule is Cc1ccc(C)c(N2C(=O)/C(=C/c3ccccc3O)SC2=S)c1. The van der Waals surface area contributed by atoms with Gasteiger partial charge in [0, 0.05) is 5.56 Å². The average Bonchev–Trinajstić information content (AvgIpc) is 2.79. The zero-order valence-electron chi connectivity index (χ0n) is 12.7. The van der Waals surface area contributed by atoms with Crippen molar-refractivity contribution in [1.82, 2.24) is 0 Å². The van der Waals surface area contributed by atoms with E-state index in [4.69, 9.17) is 12.2 Å². The Bertz CT molecular complexity index is 843. The summed E-state index contributed by atoms with van der Waals surface area (Å²) in [4.78, 5) is 14.8. The molecular formula is C18H15NO2S2. The number of hydrogen-bond donors (Lipinski definition) is 1. The van der Waals surface area contributed by atoms with Crippen LogP contribution in [0.1, 0.15) is 16.7 Å². The minimum absolute atomic E-state index is 0.143. The second-order valence-corrected chi connectivity index (χ2v) is 7.04. The summed E-state index contributed by atoms with van der Waals surface area (Å²) >= 11 is 6.65. The van der Waals surface area contributed by atoms with Crippen LogP contribution in [0.2, 0.25) is 0 Å². The highest BCUT2D eigenvalue weighted by Gasteiger charge is 2.34. The summed E-state index contributed by atoms with van der Waals surface area (Å²) in [6.07, 6.45) is 1.68. The third-order valence-corrected chi connectivity index (χ3v) is 4.92. The van der Waals surface area contributed by atoms with Crippen molar-refractivity contribution in [3.05, 3.63) is 64.1 Å². The van der Waals surface area contributed by atoms with E-state index in [1.165, 1.54) is 11.8 Å². The van der Waals surface area contributed by atoms with Crippen molar-refractivity contribution in [3.63, 3.8) is 0 Å². The maximum Gasteiger partial charge on any atom is 0.270 e. The molecule has 0 spiro atoms. The summed E-state index contributed by atoms with van der Waals surface area (Å²) < 4.78 is 0.505. The van der Waals surface area contributed by atoms with Crippen LogP contribution in [-0.2, 0) is 4.79 Å². The molecule has 5 heteroatoms. The highest BCUT2D eigenvalue weighted by molar-refractivity contribution is 8.27. The van der Waals surface area contributed by atoms with Crippen LogP contribution in [0.3, 0.4) is 0 Å². The standard InChI is InChI=1S/C18H15NO2S2/c1-11-7-8-12(2)14(9-11)19-17(21)16(23-18(19)22)10-13-5-3-4-6-15(13)20/h3-10,20H,1-2H3/b16-10-. The predicted molar refractivity (Wildman–Crippen MR) is 99.7 cm³/mol. The first-order valence-electron chi connectivity index (χ1n) is 7.10. The van der Waals surface area contributed by atoms with Gasteiger partial charge in [-0.25, -0.2) is 0 Å². The quantitative estimate of drug-likeness (QED) is 0.649. The maximum absolute atomic E-state index is 12.8. The molecule has 1 fully saturated rings. The number of carbonyl (C=O) groups excluding carboxylic acids is 1. The summed E-state index contributed by atoms with van der Waals surface area (Å²) in [6, 6.07) is 12.9. The van der Waals surface area contributed by atoms with Gasteiger partial charge in [0.2, 0.25) is 0 Å². The average molecular weight is 341 g/mol. The molecule has 2 aromatic carbocycles. The molecule has 0 aromatic heterocycles. The maximum atomic E-state index is 12.8. The lowest BCUT2D eigenvalue weighted by Gasteiger charge is -2.17. The number of aromatic hydroxyl groups is 1. The van der Waals surface area contributed by atoms with E-state index in [9.17, 15) is 9.90 Å². The van der Waals surface area contributed by atoms with Crippen LogP contribution < -0.4 is 4.90 Å². The minimum Gasteiger partial charge on any atom is -0.507 e. The normalized spacial score (nSPS) is 16.4. The number of anilines is 1. The van der Waals surface area contributed by atoms with E-state index >= 15 is 0 Å². The molecule has 1 N–H and O–H groups in total. The first-order valence-corrected chi connectivity index (χ1v) is 8.33. The van der Waals surface area contributed by atoms with E-state index in [-0.39, 0.29) is 11.7 Å². The molecule has 0 atom stereocenters. The number of benzene rings is 2. The van der Waals surface area contributed by atoms with Gasteiger partial charge in [0.15, 0.2) is 4.32 Å². The molecule has 0 radical (unpaired) electrons.